The first kappa shape index (κ1) is 33.1. The number of hydrogen-bond acceptors (Lipinski definition) is 5. The lowest BCUT2D eigenvalue weighted by Crippen LogP contribution is -2.42. The van der Waals surface area contributed by atoms with E-state index in [0.29, 0.717) is 47.3 Å². The van der Waals surface area contributed by atoms with Gasteiger partial charge in [0.1, 0.15) is 11.4 Å². The summed E-state index contributed by atoms with van der Waals surface area (Å²) in [5.41, 5.74) is -0.00837. The van der Waals surface area contributed by atoms with Crippen LogP contribution in [0.3, 0.4) is 0 Å². The van der Waals surface area contributed by atoms with Crippen LogP contribution in [0, 0.1) is 5.41 Å². The number of para-hydroxylation sites is 1. The molecule has 1 heterocycles. The van der Waals surface area contributed by atoms with Crippen molar-refractivity contribution >= 4 is 52.6 Å². The molecule has 0 aliphatic heterocycles. The minimum atomic E-state index is -1.94. The summed E-state index contributed by atoms with van der Waals surface area (Å²) in [5.74, 6) is -0.396. The van der Waals surface area contributed by atoms with E-state index in [9.17, 15) is 14.4 Å². The van der Waals surface area contributed by atoms with Crippen LogP contribution in [0.2, 0.25) is 5.02 Å². The van der Waals surface area contributed by atoms with E-state index in [1.54, 1.807) is 36.4 Å². The monoisotopic (exact) mass is 585 g/mol. The molecule has 1 aromatic heterocycles. The normalized spacial score (nSPS) is 11.9. The zero-order valence-corrected chi connectivity index (χ0v) is 25.5. The smallest absolute Gasteiger partial charge is 0.295 e. The van der Waals surface area contributed by atoms with Crippen molar-refractivity contribution in [1.82, 2.24) is 19.6 Å². The number of carbonyl (C=O) groups excluding carboxylic acids is 2. The van der Waals surface area contributed by atoms with Crippen LogP contribution < -0.4 is 20.9 Å². The molecular weight excluding hydrogens is 550 g/mol. The number of amides is 2. The number of carbonyl (C=O) groups is 2. The molecule has 0 unspecified atom stereocenters. The lowest BCUT2D eigenvalue weighted by atomic mass is 9.49. The van der Waals surface area contributed by atoms with E-state index in [1.165, 1.54) is 15.4 Å². The second-order valence-electron chi connectivity index (χ2n) is 11.2. The van der Waals surface area contributed by atoms with Crippen LogP contribution in [0.5, 0.6) is 5.75 Å². The van der Waals surface area contributed by atoms with E-state index in [0.717, 1.165) is 0 Å². The molecule has 3 rings (SSSR count). The number of ether oxygens (including phenoxy) is 1. The van der Waals surface area contributed by atoms with Gasteiger partial charge in [0.15, 0.2) is 0 Å². The average Bonchev–Trinajstić information content (AvgIpc) is 3.18. The van der Waals surface area contributed by atoms with Gasteiger partial charge in [0, 0.05) is 31.0 Å². The first-order chi connectivity index (χ1) is 19.6. The van der Waals surface area contributed by atoms with Crippen molar-refractivity contribution in [2.75, 3.05) is 39.1 Å². The van der Waals surface area contributed by atoms with Crippen LogP contribution in [-0.4, -0.2) is 83.4 Å². The molecule has 9 nitrogen and oxygen atoms in total. The molecule has 0 saturated heterocycles. The second-order valence-corrected chi connectivity index (χ2v) is 11.6. The van der Waals surface area contributed by atoms with Crippen LogP contribution in [0.4, 0.5) is 5.69 Å². The Morgan fingerprint density at radius 3 is 2.33 bits per heavy atom. The Labute approximate surface area is 256 Å². The standard InChI is InChI=1S/C29H35B3ClN5O4/c1-6-42-23-13-12-19(33)16-21(23)26(40)34-18-28(2,3)17-24(39)35-25-22(14-15-36(4)5)38(29(30,31)32)37(27(25)41)20-10-8-7-9-11-20/h7-13,16H,6,14-15,17-18H2,1-5H3,(H,34,40)(H,35,39). The van der Waals surface area contributed by atoms with Gasteiger partial charge < -0.3 is 20.3 Å². The maximum atomic E-state index is 13.8. The van der Waals surface area contributed by atoms with Gasteiger partial charge in [-0.2, -0.15) is 0 Å². The van der Waals surface area contributed by atoms with Gasteiger partial charge in [0.2, 0.25) is 5.91 Å². The first-order valence-electron chi connectivity index (χ1n) is 13.6. The molecule has 0 bridgehead atoms. The van der Waals surface area contributed by atoms with Gasteiger partial charge in [-0.1, -0.05) is 43.6 Å². The van der Waals surface area contributed by atoms with Crippen molar-refractivity contribution in [3.05, 3.63) is 75.2 Å². The molecule has 0 saturated carbocycles. The van der Waals surface area contributed by atoms with Crippen LogP contribution >= 0.6 is 11.6 Å². The zero-order chi connectivity index (χ0) is 31.2. The van der Waals surface area contributed by atoms with Crippen molar-refractivity contribution < 1.29 is 14.3 Å². The number of aromatic nitrogens is 2. The highest BCUT2D eigenvalue weighted by atomic mass is 35.5. The number of nitrogens with one attached hydrogen (secondary N) is 2. The summed E-state index contributed by atoms with van der Waals surface area (Å²) in [5, 5.41) is 4.11. The summed E-state index contributed by atoms with van der Waals surface area (Å²) >= 11 is 6.10. The second kappa shape index (κ2) is 13.7. The van der Waals surface area contributed by atoms with E-state index >= 15 is 0 Å². The quantitative estimate of drug-likeness (QED) is 0.301. The Kier molecular flexibility index (Phi) is 10.8. The lowest BCUT2D eigenvalue weighted by molar-refractivity contribution is -0.118. The van der Waals surface area contributed by atoms with E-state index in [2.05, 4.69) is 10.6 Å². The predicted octanol–water partition coefficient (Wildman–Crippen LogP) is 2.65. The topological polar surface area (TPSA) is 97.6 Å². The van der Waals surface area contributed by atoms with Crippen molar-refractivity contribution in [3.63, 3.8) is 0 Å². The fraction of sp³-hybridized carbons (Fsp3) is 0.414. The third-order valence-electron chi connectivity index (χ3n) is 6.43. The fourth-order valence-corrected chi connectivity index (χ4v) is 4.67. The minimum Gasteiger partial charge on any atom is -0.493 e. The van der Waals surface area contributed by atoms with Crippen LogP contribution in [-0.2, 0) is 16.5 Å². The van der Waals surface area contributed by atoms with Gasteiger partial charge in [0.05, 0.1) is 47.1 Å². The highest BCUT2D eigenvalue weighted by Gasteiger charge is 2.30. The van der Waals surface area contributed by atoms with Gasteiger partial charge in [0.25, 0.3) is 11.5 Å². The van der Waals surface area contributed by atoms with E-state index < -0.39 is 22.1 Å². The molecule has 0 aliphatic carbocycles. The SMILES string of the molecule is [B]C([B])([B])n1c(CCN(C)C)c(NC(=O)CC(C)(C)CNC(=O)c2cc(Cl)ccc2OCC)c(=O)n1-c1ccccc1. The van der Waals surface area contributed by atoms with Gasteiger partial charge in [-0.05, 0) is 62.0 Å². The predicted molar refractivity (Wildman–Crippen MR) is 170 cm³/mol. The maximum Gasteiger partial charge on any atom is 0.295 e. The first-order valence-corrected chi connectivity index (χ1v) is 14.0. The number of halogens is 1. The molecule has 0 fully saturated rings. The zero-order valence-electron chi connectivity index (χ0n) is 24.7. The highest BCUT2D eigenvalue weighted by molar-refractivity contribution is 6.56. The Morgan fingerprint density at radius 1 is 1.07 bits per heavy atom. The number of benzene rings is 2. The summed E-state index contributed by atoms with van der Waals surface area (Å²) in [6.07, 6.45) is 0.315. The molecule has 0 aliphatic rings. The largest absolute Gasteiger partial charge is 0.493 e. The van der Waals surface area contributed by atoms with E-state index in [1.807, 2.05) is 45.8 Å². The summed E-state index contributed by atoms with van der Waals surface area (Å²) < 4.78 is 8.14. The summed E-state index contributed by atoms with van der Waals surface area (Å²) in [4.78, 5) is 42.0. The lowest BCUT2D eigenvalue weighted by Gasteiger charge is -2.30. The number of likely N-dealkylation sites (N-methyl/N-ethyl adjacent to an activating group) is 1. The minimum absolute atomic E-state index is 0.0107. The van der Waals surface area contributed by atoms with Crippen LogP contribution in [0.15, 0.2) is 53.3 Å². The van der Waals surface area contributed by atoms with Crippen molar-refractivity contribution in [2.45, 2.75) is 38.8 Å². The Balaban J connectivity index is 1.87. The van der Waals surface area contributed by atoms with Crippen LogP contribution in [0.1, 0.15) is 43.2 Å². The molecule has 2 aromatic carbocycles. The van der Waals surface area contributed by atoms with E-state index in [4.69, 9.17) is 39.9 Å². The molecule has 13 heteroatoms. The Morgan fingerprint density at radius 2 is 1.74 bits per heavy atom. The van der Waals surface area contributed by atoms with Gasteiger partial charge in [-0.3, -0.25) is 19.1 Å². The summed E-state index contributed by atoms with van der Waals surface area (Å²) in [6.45, 7) is 6.57. The number of anilines is 1. The maximum absolute atomic E-state index is 13.8. The fourth-order valence-electron chi connectivity index (χ4n) is 4.50. The molecule has 3 aromatic rings. The summed E-state index contributed by atoms with van der Waals surface area (Å²) in [7, 11) is 22.2. The Bertz CT molecular complexity index is 1470. The van der Waals surface area contributed by atoms with Gasteiger partial charge in [-0.15, -0.1) is 0 Å². The molecule has 42 heavy (non-hydrogen) atoms. The summed E-state index contributed by atoms with van der Waals surface area (Å²) in [6, 6.07) is 13.6. The third kappa shape index (κ3) is 8.35. The van der Waals surface area contributed by atoms with Crippen LogP contribution in [0.25, 0.3) is 5.69 Å². The van der Waals surface area contributed by atoms with Gasteiger partial charge >= 0.3 is 0 Å². The molecular formula is C29H35B3ClN5O4. The van der Waals surface area contributed by atoms with Crippen molar-refractivity contribution in [3.8, 4) is 11.4 Å². The Hall–Kier alpha value is -3.37. The number of nitrogens with zero attached hydrogens (tertiary/aromatic N) is 3. The highest BCUT2D eigenvalue weighted by Crippen LogP contribution is 2.26. The molecule has 2 amide bonds. The molecule has 2 N–H and O–H groups in total. The van der Waals surface area contributed by atoms with Crippen molar-refractivity contribution in [2.24, 2.45) is 5.41 Å². The molecule has 0 atom stereocenters. The molecule has 0 spiro atoms. The van der Waals surface area contributed by atoms with E-state index in [-0.39, 0.29) is 24.6 Å². The molecule has 6 radical (unpaired) electrons. The number of rotatable bonds is 13. The van der Waals surface area contributed by atoms with Crippen molar-refractivity contribution in [1.29, 1.82) is 0 Å². The average molecular weight is 586 g/mol. The third-order valence-corrected chi connectivity index (χ3v) is 6.67. The van der Waals surface area contributed by atoms with Gasteiger partial charge in [-0.25, -0.2) is 4.68 Å². The molecule has 216 valence electrons. The number of hydrogen-bond donors (Lipinski definition) is 2.